The van der Waals surface area contributed by atoms with Crippen LogP contribution in [0.4, 0.5) is 5.69 Å². The van der Waals surface area contributed by atoms with Gasteiger partial charge in [-0.25, -0.2) is 4.79 Å². The van der Waals surface area contributed by atoms with Crippen molar-refractivity contribution in [2.45, 2.75) is 6.92 Å². The number of nitrogens with zero attached hydrogens (tertiary/aromatic N) is 1. The van der Waals surface area contributed by atoms with Crippen LogP contribution in [0.15, 0.2) is 84.4 Å². The lowest BCUT2D eigenvalue weighted by Gasteiger charge is -2.21. The Kier molecular flexibility index (Phi) is 6.61. The van der Waals surface area contributed by atoms with E-state index in [9.17, 15) is 9.59 Å². The highest BCUT2D eigenvalue weighted by molar-refractivity contribution is 6.30. The lowest BCUT2D eigenvalue weighted by atomic mass is 10.1. The SMILES string of the molecule is CCOc1ccc(/C=C2\C=C(c3ccc(Cl)cc3)N(c3cccc(C(=O)OC)c3)C2=O)cc1. The number of amides is 1. The Labute approximate surface area is 197 Å². The molecule has 5 nitrogen and oxygen atoms in total. The van der Waals surface area contributed by atoms with E-state index in [1.54, 1.807) is 41.3 Å². The average molecular weight is 460 g/mol. The standard InChI is InChI=1S/C27H22ClNO4/c1-3-33-24-13-7-18(8-14-24)15-21-17-25(19-9-11-22(28)12-10-19)29(26(21)30)23-6-4-5-20(16-23)27(31)32-2/h4-17H,3H2,1-2H3/b21-15+. The molecule has 1 amide bonds. The number of rotatable bonds is 6. The molecular formula is C27H22ClNO4. The Morgan fingerprint density at radius 1 is 1.03 bits per heavy atom. The van der Waals surface area contributed by atoms with Crippen LogP contribution < -0.4 is 9.64 Å². The second kappa shape index (κ2) is 9.76. The van der Waals surface area contributed by atoms with Gasteiger partial charge in [-0.15, -0.1) is 0 Å². The van der Waals surface area contributed by atoms with Crippen molar-refractivity contribution < 1.29 is 19.1 Å². The first-order chi connectivity index (χ1) is 16.0. The van der Waals surface area contributed by atoms with Crippen molar-refractivity contribution in [3.8, 4) is 5.75 Å². The summed E-state index contributed by atoms with van der Waals surface area (Å²) in [7, 11) is 1.33. The Balaban J connectivity index is 1.77. The zero-order valence-corrected chi connectivity index (χ0v) is 19.0. The summed E-state index contributed by atoms with van der Waals surface area (Å²) in [5, 5.41) is 0.605. The smallest absolute Gasteiger partial charge is 0.337 e. The lowest BCUT2D eigenvalue weighted by molar-refractivity contribution is -0.113. The number of hydrogen-bond donors (Lipinski definition) is 0. The molecule has 1 heterocycles. The highest BCUT2D eigenvalue weighted by Crippen LogP contribution is 2.36. The highest BCUT2D eigenvalue weighted by atomic mass is 35.5. The minimum atomic E-state index is -0.467. The lowest BCUT2D eigenvalue weighted by Crippen LogP contribution is -2.25. The van der Waals surface area contributed by atoms with E-state index in [0.29, 0.717) is 34.2 Å². The van der Waals surface area contributed by atoms with Crippen molar-refractivity contribution in [3.05, 3.63) is 106 Å². The number of methoxy groups -OCH3 is 1. The molecule has 0 saturated carbocycles. The number of halogens is 1. The maximum atomic E-state index is 13.5. The molecule has 1 aliphatic heterocycles. The van der Waals surface area contributed by atoms with Crippen LogP contribution in [0.3, 0.4) is 0 Å². The molecule has 6 heteroatoms. The number of ether oxygens (including phenoxy) is 2. The molecule has 0 radical (unpaired) electrons. The zero-order valence-electron chi connectivity index (χ0n) is 18.2. The van der Waals surface area contributed by atoms with Gasteiger partial charge in [0.2, 0.25) is 0 Å². The summed E-state index contributed by atoms with van der Waals surface area (Å²) < 4.78 is 10.3. The Bertz CT molecular complexity index is 1240. The second-order valence-electron chi connectivity index (χ2n) is 7.32. The molecule has 1 aliphatic rings. The monoisotopic (exact) mass is 459 g/mol. The number of carbonyl (C=O) groups excluding carboxylic acids is 2. The van der Waals surface area contributed by atoms with Gasteiger partial charge in [0.1, 0.15) is 5.75 Å². The number of anilines is 1. The molecule has 0 atom stereocenters. The summed E-state index contributed by atoms with van der Waals surface area (Å²) in [5.74, 6) is 0.109. The summed E-state index contributed by atoms with van der Waals surface area (Å²) in [5.41, 5.74) is 3.84. The van der Waals surface area contributed by atoms with Crippen LogP contribution >= 0.6 is 11.6 Å². The first-order valence-electron chi connectivity index (χ1n) is 10.4. The van der Waals surface area contributed by atoms with E-state index in [4.69, 9.17) is 21.1 Å². The fraction of sp³-hybridized carbons (Fsp3) is 0.111. The molecule has 33 heavy (non-hydrogen) atoms. The average Bonchev–Trinajstić information content (AvgIpc) is 3.16. The van der Waals surface area contributed by atoms with Gasteiger partial charge in [-0.3, -0.25) is 9.69 Å². The van der Waals surface area contributed by atoms with E-state index in [1.165, 1.54) is 7.11 Å². The van der Waals surface area contributed by atoms with Gasteiger partial charge in [0.25, 0.3) is 5.91 Å². The van der Waals surface area contributed by atoms with Gasteiger partial charge >= 0.3 is 5.97 Å². The summed E-state index contributed by atoms with van der Waals surface area (Å²) in [6.45, 7) is 2.52. The quantitative estimate of drug-likeness (QED) is 0.335. The first-order valence-corrected chi connectivity index (χ1v) is 10.8. The maximum absolute atomic E-state index is 13.5. The van der Waals surface area contributed by atoms with Gasteiger partial charge in [0.15, 0.2) is 0 Å². The van der Waals surface area contributed by atoms with Gasteiger partial charge in [0.05, 0.1) is 30.7 Å². The molecule has 0 aliphatic carbocycles. The number of carbonyl (C=O) groups is 2. The number of esters is 1. The van der Waals surface area contributed by atoms with Crippen molar-refractivity contribution in [2.75, 3.05) is 18.6 Å². The van der Waals surface area contributed by atoms with Gasteiger partial charge in [-0.2, -0.15) is 0 Å². The third-order valence-electron chi connectivity index (χ3n) is 5.16. The third-order valence-corrected chi connectivity index (χ3v) is 5.41. The third kappa shape index (κ3) is 4.83. The summed E-state index contributed by atoms with van der Waals surface area (Å²) >= 11 is 6.07. The fourth-order valence-corrected chi connectivity index (χ4v) is 3.73. The first kappa shape index (κ1) is 22.4. The van der Waals surface area contributed by atoms with Crippen LogP contribution in [-0.2, 0) is 9.53 Å². The molecule has 0 saturated heterocycles. The minimum absolute atomic E-state index is 0.198. The highest BCUT2D eigenvalue weighted by Gasteiger charge is 2.31. The topological polar surface area (TPSA) is 55.8 Å². The van der Waals surface area contributed by atoms with Crippen molar-refractivity contribution in [1.29, 1.82) is 0 Å². The molecule has 0 unspecified atom stereocenters. The maximum Gasteiger partial charge on any atom is 0.337 e. The molecule has 0 N–H and O–H groups in total. The molecule has 0 spiro atoms. The van der Waals surface area contributed by atoms with E-state index >= 15 is 0 Å². The van der Waals surface area contributed by atoms with E-state index in [-0.39, 0.29) is 5.91 Å². The molecule has 0 bridgehead atoms. The van der Waals surface area contributed by atoms with E-state index < -0.39 is 5.97 Å². The molecule has 3 aromatic rings. The van der Waals surface area contributed by atoms with Crippen molar-refractivity contribution in [3.63, 3.8) is 0 Å². The predicted octanol–water partition coefficient (Wildman–Crippen LogP) is 6.00. The van der Waals surface area contributed by atoms with Gasteiger partial charge in [-0.1, -0.05) is 41.9 Å². The van der Waals surface area contributed by atoms with Crippen LogP contribution in [0.2, 0.25) is 5.02 Å². The van der Waals surface area contributed by atoms with Crippen molar-refractivity contribution in [1.82, 2.24) is 0 Å². The van der Waals surface area contributed by atoms with E-state index in [2.05, 4.69) is 0 Å². The van der Waals surface area contributed by atoms with Crippen molar-refractivity contribution in [2.24, 2.45) is 0 Å². The normalized spacial score (nSPS) is 14.4. The van der Waals surface area contributed by atoms with E-state index in [0.717, 1.165) is 16.9 Å². The molecule has 4 rings (SSSR count). The Morgan fingerprint density at radius 2 is 1.76 bits per heavy atom. The van der Waals surface area contributed by atoms with Crippen LogP contribution in [0.25, 0.3) is 11.8 Å². The van der Waals surface area contributed by atoms with Crippen molar-refractivity contribution >= 4 is 40.9 Å². The van der Waals surface area contributed by atoms with Crippen LogP contribution in [0.5, 0.6) is 5.75 Å². The molecule has 3 aromatic carbocycles. The number of hydrogen-bond acceptors (Lipinski definition) is 4. The number of benzene rings is 3. The summed E-state index contributed by atoms with van der Waals surface area (Å²) in [4.78, 5) is 27.2. The molecule has 0 aromatic heterocycles. The van der Waals surface area contributed by atoms with E-state index in [1.807, 2.05) is 55.5 Å². The van der Waals surface area contributed by atoms with Crippen LogP contribution in [0, 0.1) is 0 Å². The van der Waals surface area contributed by atoms with Gasteiger partial charge in [0, 0.05) is 10.6 Å². The van der Waals surface area contributed by atoms with Gasteiger partial charge in [-0.05, 0) is 72.7 Å². The Morgan fingerprint density at radius 3 is 2.42 bits per heavy atom. The van der Waals surface area contributed by atoms with Gasteiger partial charge < -0.3 is 9.47 Å². The zero-order chi connectivity index (χ0) is 23.4. The fourth-order valence-electron chi connectivity index (χ4n) is 3.60. The largest absolute Gasteiger partial charge is 0.494 e. The summed E-state index contributed by atoms with van der Waals surface area (Å²) in [6, 6.07) is 21.6. The predicted molar refractivity (Wildman–Crippen MR) is 130 cm³/mol. The second-order valence-corrected chi connectivity index (χ2v) is 7.76. The summed E-state index contributed by atoms with van der Waals surface area (Å²) in [6.07, 6.45) is 3.67. The molecular weight excluding hydrogens is 438 g/mol. The van der Waals surface area contributed by atoms with Crippen LogP contribution in [0.1, 0.15) is 28.4 Å². The molecule has 0 fully saturated rings. The Hall–Kier alpha value is -3.83. The molecule has 166 valence electrons. The van der Waals surface area contributed by atoms with Crippen LogP contribution in [-0.4, -0.2) is 25.6 Å². The minimum Gasteiger partial charge on any atom is -0.494 e.